The van der Waals surface area contributed by atoms with Crippen molar-refractivity contribution in [3.05, 3.63) is 29.8 Å². The average molecular weight is 311 g/mol. The highest BCUT2D eigenvalue weighted by molar-refractivity contribution is 7.89. The summed E-state index contributed by atoms with van der Waals surface area (Å²) in [5, 5.41) is 0. The van der Waals surface area contributed by atoms with Crippen molar-refractivity contribution in [2.75, 3.05) is 26.8 Å². The zero-order chi connectivity index (χ0) is 15.5. The summed E-state index contributed by atoms with van der Waals surface area (Å²) in [7, 11) is -1.99. The number of rotatable bonds is 8. The van der Waals surface area contributed by atoms with Crippen molar-refractivity contribution in [2.45, 2.75) is 24.7 Å². The first kappa shape index (κ1) is 16.1. The second kappa shape index (κ2) is 6.68. The molecule has 5 nitrogen and oxygen atoms in total. The molecule has 0 spiro atoms. The minimum atomic E-state index is -3.52. The molecule has 0 aliphatic heterocycles. The number of likely N-dealkylation sites (N-methyl/N-ethyl adjacent to an activating group) is 1. The fraction of sp³-hybridized carbons (Fsp3) is 0.533. The van der Waals surface area contributed by atoms with Crippen LogP contribution in [0.5, 0.6) is 0 Å². The normalized spacial score (nSPS) is 15.4. The minimum absolute atomic E-state index is 0.0826. The lowest BCUT2D eigenvalue weighted by Crippen LogP contribution is -2.30. The summed E-state index contributed by atoms with van der Waals surface area (Å²) in [6, 6.07) is 6.00. The van der Waals surface area contributed by atoms with Crippen molar-refractivity contribution in [1.82, 2.24) is 4.31 Å². The molecule has 1 aliphatic carbocycles. The Morgan fingerprint density at radius 3 is 2.43 bits per heavy atom. The molecule has 0 amide bonds. The summed E-state index contributed by atoms with van der Waals surface area (Å²) < 4.78 is 31.4. The Morgan fingerprint density at radius 2 is 1.90 bits per heavy atom. The van der Waals surface area contributed by atoms with Crippen LogP contribution in [0.3, 0.4) is 0 Å². The first-order valence-corrected chi connectivity index (χ1v) is 8.50. The highest BCUT2D eigenvalue weighted by Gasteiger charge is 2.23. The van der Waals surface area contributed by atoms with Crippen molar-refractivity contribution in [3.63, 3.8) is 0 Å². The van der Waals surface area contributed by atoms with Crippen LogP contribution < -0.4 is 0 Å². The smallest absolute Gasteiger partial charge is 0.242 e. The zero-order valence-corrected chi connectivity index (χ0v) is 13.2. The molecule has 0 bridgehead atoms. The van der Waals surface area contributed by atoms with E-state index in [4.69, 9.17) is 4.74 Å². The summed E-state index contributed by atoms with van der Waals surface area (Å²) in [6.07, 6.45) is 2.44. The molecule has 1 aromatic rings. The summed E-state index contributed by atoms with van der Waals surface area (Å²) in [4.78, 5) is 11.4. The van der Waals surface area contributed by atoms with E-state index < -0.39 is 10.0 Å². The number of carbonyl (C=O) groups is 1. The van der Waals surface area contributed by atoms with E-state index in [0.29, 0.717) is 24.6 Å². The lowest BCUT2D eigenvalue weighted by Gasteiger charge is -2.17. The third kappa shape index (κ3) is 4.36. The molecular formula is C15H21NO4S. The molecule has 0 saturated heterocycles. The van der Waals surface area contributed by atoms with E-state index in [-0.39, 0.29) is 10.7 Å². The highest BCUT2D eigenvalue weighted by atomic mass is 32.2. The Hall–Kier alpha value is -1.24. The van der Waals surface area contributed by atoms with Crippen LogP contribution >= 0.6 is 0 Å². The molecular weight excluding hydrogens is 290 g/mol. The number of hydrogen-bond donors (Lipinski definition) is 0. The number of ether oxygens (including phenoxy) is 1. The van der Waals surface area contributed by atoms with Gasteiger partial charge in [-0.05, 0) is 37.8 Å². The molecule has 1 aromatic carbocycles. The van der Waals surface area contributed by atoms with Gasteiger partial charge in [0.2, 0.25) is 10.0 Å². The standard InChI is InChI=1S/C15H21NO4S/c1-12(17)14-5-7-15(8-6-14)21(18,19)16(2)9-10-20-11-13-3-4-13/h5-8,13H,3-4,9-11H2,1-2H3. The maximum atomic E-state index is 12.3. The monoisotopic (exact) mass is 311 g/mol. The van der Waals surface area contributed by atoms with Crippen molar-refractivity contribution < 1.29 is 17.9 Å². The molecule has 0 unspecified atom stereocenters. The summed E-state index contributed by atoms with van der Waals surface area (Å²) in [5.41, 5.74) is 0.504. The maximum Gasteiger partial charge on any atom is 0.242 e. The van der Waals surface area contributed by atoms with Gasteiger partial charge in [-0.25, -0.2) is 8.42 Å². The van der Waals surface area contributed by atoms with E-state index >= 15 is 0 Å². The predicted octanol–water partition coefficient (Wildman–Crippen LogP) is 1.94. The second-order valence-electron chi connectivity index (χ2n) is 5.43. The molecule has 0 radical (unpaired) electrons. The lowest BCUT2D eigenvalue weighted by molar-refractivity contribution is 0.101. The zero-order valence-electron chi connectivity index (χ0n) is 12.4. The van der Waals surface area contributed by atoms with Gasteiger partial charge in [0.25, 0.3) is 0 Å². The topological polar surface area (TPSA) is 63.7 Å². The first-order chi connectivity index (χ1) is 9.91. The number of carbonyl (C=O) groups excluding carboxylic acids is 1. The molecule has 6 heteroatoms. The van der Waals surface area contributed by atoms with E-state index in [1.165, 1.54) is 55.4 Å². The molecule has 0 atom stereocenters. The van der Waals surface area contributed by atoms with Gasteiger partial charge < -0.3 is 4.74 Å². The molecule has 0 heterocycles. The van der Waals surface area contributed by atoms with Crippen LogP contribution in [-0.4, -0.2) is 45.3 Å². The average Bonchev–Trinajstić information content (AvgIpc) is 3.27. The molecule has 1 fully saturated rings. The minimum Gasteiger partial charge on any atom is -0.380 e. The van der Waals surface area contributed by atoms with E-state index in [1.54, 1.807) is 0 Å². The molecule has 21 heavy (non-hydrogen) atoms. The number of sulfonamides is 1. The largest absolute Gasteiger partial charge is 0.380 e. The van der Waals surface area contributed by atoms with Crippen LogP contribution in [-0.2, 0) is 14.8 Å². The molecule has 1 saturated carbocycles. The fourth-order valence-electron chi connectivity index (χ4n) is 1.89. The molecule has 0 aromatic heterocycles. The number of Topliss-reactive ketones (excluding diaryl/α,β-unsaturated/α-hetero) is 1. The van der Waals surface area contributed by atoms with Gasteiger partial charge in [-0.1, -0.05) is 12.1 Å². The van der Waals surface area contributed by atoms with Gasteiger partial charge in [0.1, 0.15) is 0 Å². The van der Waals surface area contributed by atoms with Crippen molar-refractivity contribution >= 4 is 15.8 Å². The molecule has 2 rings (SSSR count). The van der Waals surface area contributed by atoms with Crippen molar-refractivity contribution in [3.8, 4) is 0 Å². The Bertz CT molecular complexity index is 591. The Morgan fingerprint density at radius 1 is 1.29 bits per heavy atom. The Kier molecular flexibility index (Phi) is 5.13. The second-order valence-corrected chi connectivity index (χ2v) is 7.47. The summed E-state index contributed by atoms with van der Waals surface area (Å²) >= 11 is 0. The van der Waals surface area contributed by atoms with Crippen LogP contribution in [0.25, 0.3) is 0 Å². The molecule has 1 aliphatic rings. The van der Waals surface area contributed by atoms with Crippen molar-refractivity contribution in [2.24, 2.45) is 5.92 Å². The van der Waals surface area contributed by atoms with Gasteiger partial charge >= 0.3 is 0 Å². The fourth-order valence-corrected chi connectivity index (χ4v) is 3.04. The van der Waals surface area contributed by atoms with E-state index in [9.17, 15) is 13.2 Å². The quantitative estimate of drug-likeness (QED) is 0.543. The number of hydrogen-bond acceptors (Lipinski definition) is 4. The van der Waals surface area contributed by atoms with Gasteiger partial charge in [-0.3, -0.25) is 4.79 Å². The maximum absolute atomic E-state index is 12.3. The SMILES string of the molecule is CC(=O)c1ccc(S(=O)(=O)N(C)CCOCC2CC2)cc1. The van der Waals surface area contributed by atoms with E-state index in [0.717, 1.165) is 6.61 Å². The number of nitrogens with zero attached hydrogens (tertiary/aromatic N) is 1. The Labute approximate surface area is 126 Å². The van der Waals surface area contributed by atoms with Gasteiger partial charge in [0.05, 0.1) is 11.5 Å². The van der Waals surface area contributed by atoms with Crippen LogP contribution in [0.1, 0.15) is 30.1 Å². The van der Waals surface area contributed by atoms with E-state index in [2.05, 4.69) is 0 Å². The van der Waals surface area contributed by atoms with E-state index in [1.807, 2.05) is 0 Å². The Balaban J connectivity index is 1.93. The number of benzene rings is 1. The van der Waals surface area contributed by atoms with Crippen LogP contribution in [0.15, 0.2) is 29.2 Å². The van der Waals surface area contributed by atoms with Crippen LogP contribution in [0.4, 0.5) is 0 Å². The van der Waals surface area contributed by atoms with Gasteiger partial charge in [0.15, 0.2) is 5.78 Å². The van der Waals surface area contributed by atoms with Gasteiger partial charge in [0, 0.05) is 25.8 Å². The van der Waals surface area contributed by atoms with Crippen molar-refractivity contribution in [1.29, 1.82) is 0 Å². The van der Waals surface area contributed by atoms with Crippen LogP contribution in [0, 0.1) is 5.92 Å². The predicted molar refractivity (Wildman–Crippen MR) is 79.8 cm³/mol. The molecule has 116 valence electrons. The summed E-state index contributed by atoms with van der Waals surface area (Å²) in [6.45, 7) is 2.90. The number of ketones is 1. The summed E-state index contributed by atoms with van der Waals surface area (Å²) in [5.74, 6) is 0.590. The third-order valence-electron chi connectivity index (χ3n) is 3.57. The van der Waals surface area contributed by atoms with Gasteiger partial charge in [-0.2, -0.15) is 4.31 Å². The third-order valence-corrected chi connectivity index (χ3v) is 5.44. The lowest BCUT2D eigenvalue weighted by atomic mass is 10.2. The van der Waals surface area contributed by atoms with Gasteiger partial charge in [-0.15, -0.1) is 0 Å². The highest BCUT2D eigenvalue weighted by Crippen LogP contribution is 2.28. The van der Waals surface area contributed by atoms with Crippen LogP contribution in [0.2, 0.25) is 0 Å². The first-order valence-electron chi connectivity index (χ1n) is 7.06. The molecule has 0 N–H and O–H groups in total.